The zero-order valence-electron chi connectivity index (χ0n) is 14.1. The van der Waals surface area contributed by atoms with E-state index in [1.807, 2.05) is 0 Å². The van der Waals surface area contributed by atoms with Gasteiger partial charge in [-0.2, -0.15) is 0 Å². The van der Waals surface area contributed by atoms with Gasteiger partial charge in [0.25, 0.3) is 0 Å². The predicted octanol–water partition coefficient (Wildman–Crippen LogP) is -1.97. The number of hydrogen-bond acceptors (Lipinski definition) is 6. The Labute approximate surface area is 140 Å². The van der Waals surface area contributed by atoms with E-state index >= 15 is 0 Å². The smallest absolute Gasteiger partial charge is 0.317 e. The van der Waals surface area contributed by atoms with E-state index in [-0.39, 0.29) is 51.1 Å². The third-order valence-electron chi connectivity index (χ3n) is 2.93. The van der Waals surface area contributed by atoms with Crippen LogP contribution in [0, 0.1) is 0 Å². The van der Waals surface area contributed by atoms with E-state index in [0.29, 0.717) is 13.1 Å². The number of likely N-dealkylation sites (N-methyl/N-ethyl adjacent to an activating group) is 2. The number of amides is 2. The lowest BCUT2D eigenvalue weighted by atomic mass is 10.3. The Morgan fingerprint density at radius 1 is 0.708 bits per heavy atom. The summed E-state index contributed by atoms with van der Waals surface area (Å²) < 4.78 is 0. The zero-order valence-corrected chi connectivity index (χ0v) is 14.1. The highest BCUT2D eigenvalue weighted by atomic mass is 16.4. The summed E-state index contributed by atoms with van der Waals surface area (Å²) in [6.45, 7) is 3.75. The molecule has 0 bridgehead atoms. The topological polar surface area (TPSA) is 139 Å². The van der Waals surface area contributed by atoms with Crippen LogP contribution in [-0.2, 0) is 19.2 Å². The van der Waals surface area contributed by atoms with Crippen LogP contribution in [-0.4, -0.2) is 96.1 Å². The normalized spacial score (nSPS) is 10.7. The number of carbonyl (C=O) groups excluding carboxylic acids is 2. The zero-order chi connectivity index (χ0) is 18.5. The Kier molecular flexibility index (Phi) is 11.1. The van der Waals surface area contributed by atoms with Crippen molar-refractivity contribution in [3.05, 3.63) is 0 Å². The highest BCUT2D eigenvalue weighted by Gasteiger charge is 2.18. The summed E-state index contributed by atoms with van der Waals surface area (Å²) >= 11 is 0. The van der Waals surface area contributed by atoms with Gasteiger partial charge in [-0.1, -0.05) is 0 Å². The quantitative estimate of drug-likeness (QED) is 0.301. The monoisotopic (exact) mass is 346 g/mol. The summed E-state index contributed by atoms with van der Waals surface area (Å²) in [6.07, 6.45) is 0. The summed E-state index contributed by atoms with van der Waals surface area (Å²) in [5, 5.41) is 23.0. The molecule has 0 saturated carbocycles. The Bertz CT molecular complexity index is 403. The van der Waals surface area contributed by atoms with Crippen molar-refractivity contribution in [2.75, 3.05) is 52.4 Å². The maximum absolute atomic E-state index is 11.6. The van der Waals surface area contributed by atoms with E-state index in [2.05, 4.69) is 10.6 Å². The van der Waals surface area contributed by atoms with E-state index in [9.17, 15) is 19.2 Å². The van der Waals surface area contributed by atoms with Crippen LogP contribution < -0.4 is 10.6 Å². The van der Waals surface area contributed by atoms with Gasteiger partial charge in [0, 0.05) is 26.2 Å². The first-order chi connectivity index (χ1) is 11.3. The van der Waals surface area contributed by atoms with Crippen LogP contribution in [0.3, 0.4) is 0 Å². The van der Waals surface area contributed by atoms with Gasteiger partial charge in [0.05, 0.1) is 26.2 Å². The minimum Gasteiger partial charge on any atom is -0.480 e. The van der Waals surface area contributed by atoms with Crippen molar-refractivity contribution in [1.82, 2.24) is 20.4 Å². The number of rotatable bonds is 13. The fourth-order valence-corrected chi connectivity index (χ4v) is 2.01. The fraction of sp³-hybridized carbons (Fsp3) is 0.714. The number of carboxylic acid groups (broad SMARTS) is 2. The Balaban J connectivity index is 4.68. The molecule has 0 fully saturated rings. The van der Waals surface area contributed by atoms with Crippen molar-refractivity contribution in [3.8, 4) is 0 Å². The average Bonchev–Trinajstić information content (AvgIpc) is 2.43. The molecule has 0 aromatic rings. The molecular formula is C14H26N4O6. The highest BCUT2D eigenvalue weighted by molar-refractivity contribution is 5.79. The van der Waals surface area contributed by atoms with Crippen LogP contribution >= 0.6 is 0 Å². The molecule has 0 aliphatic rings. The molecule has 4 N–H and O–H groups in total. The van der Waals surface area contributed by atoms with Gasteiger partial charge in [-0.05, 0) is 13.8 Å². The maximum Gasteiger partial charge on any atom is 0.317 e. The van der Waals surface area contributed by atoms with E-state index in [1.165, 1.54) is 9.80 Å². The van der Waals surface area contributed by atoms with Crippen molar-refractivity contribution in [1.29, 1.82) is 0 Å². The third-order valence-corrected chi connectivity index (χ3v) is 2.93. The standard InChI is InChI=1S/C14H26N4O6/c1-3-15-11(19)7-17(9-13(21)22)5-6-18(10-14(23)24)8-12(20)16-4-2/h3-10H2,1-2H3,(H,15,19)(H,16,20)(H,21,22)(H,23,24). The second-order valence-electron chi connectivity index (χ2n) is 5.12. The van der Waals surface area contributed by atoms with Crippen LogP contribution in [0.4, 0.5) is 0 Å². The molecule has 10 nitrogen and oxygen atoms in total. The first-order valence-electron chi connectivity index (χ1n) is 7.70. The Morgan fingerprint density at radius 2 is 1.04 bits per heavy atom. The van der Waals surface area contributed by atoms with E-state index in [1.54, 1.807) is 13.8 Å². The number of aliphatic carboxylic acids is 2. The number of carboxylic acids is 2. The van der Waals surface area contributed by atoms with Crippen molar-refractivity contribution in [2.45, 2.75) is 13.8 Å². The van der Waals surface area contributed by atoms with Gasteiger partial charge in [-0.25, -0.2) is 0 Å². The molecule has 24 heavy (non-hydrogen) atoms. The number of carbonyl (C=O) groups is 4. The van der Waals surface area contributed by atoms with Gasteiger partial charge in [0.15, 0.2) is 0 Å². The molecular weight excluding hydrogens is 320 g/mol. The second-order valence-corrected chi connectivity index (χ2v) is 5.12. The lowest BCUT2D eigenvalue weighted by Crippen LogP contribution is -2.46. The molecule has 0 rings (SSSR count). The lowest BCUT2D eigenvalue weighted by Gasteiger charge is -2.25. The Morgan fingerprint density at radius 3 is 1.29 bits per heavy atom. The van der Waals surface area contributed by atoms with Gasteiger partial charge >= 0.3 is 11.9 Å². The van der Waals surface area contributed by atoms with Crippen LogP contribution in [0.2, 0.25) is 0 Å². The third kappa shape index (κ3) is 11.4. The molecule has 0 aromatic heterocycles. The molecule has 0 aliphatic heterocycles. The number of nitrogens with zero attached hydrogens (tertiary/aromatic N) is 2. The number of hydrogen-bond donors (Lipinski definition) is 4. The predicted molar refractivity (Wildman–Crippen MR) is 85.5 cm³/mol. The summed E-state index contributed by atoms with van der Waals surface area (Å²) in [6, 6.07) is 0. The van der Waals surface area contributed by atoms with Gasteiger partial charge in [-0.3, -0.25) is 29.0 Å². The minimum absolute atomic E-state index is 0.109. The largest absolute Gasteiger partial charge is 0.480 e. The molecule has 0 saturated heterocycles. The molecule has 2 amide bonds. The maximum atomic E-state index is 11.6. The molecule has 10 heteroatoms. The SMILES string of the molecule is CCNC(=O)CN(CCN(CC(=O)O)CC(=O)NCC)CC(=O)O. The lowest BCUT2D eigenvalue weighted by molar-refractivity contribution is -0.141. The molecule has 0 heterocycles. The van der Waals surface area contributed by atoms with E-state index < -0.39 is 11.9 Å². The molecule has 0 unspecified atom stereocenters. The van der Waals surface area contributed by atoms with E-state index in [4.69, 9.17) is 10.2 Å². The molecule has 0 radical (unpaired) electrons. The van der Waals surface area contributed by atoms with E-state index in [0.717, 1.165) is 0 Å². The van der Waals surface area contributed by atoms with Crippen LogP contribution in [0.1, 0.15) is 13.8 Å². The van der Waals surface area contributed by atoms with Crippen molar-refractivity contribution in [3.63, 3.8) is 0 Å². The van der Waals surface area contributed by atoms with Crippen LogP contribution in [0.25, 0.3) is 0 Å². The first kappa shape index (κ1) is 21.8. The molecule has 0 spiro atoms. The first-order valence-corrected chi connectivity index (χ1v) is 7.70. The van der Waals surface area contributed by atoms with Gasteiger partial charge < -0.3 is 20.8 Å². The van der Waals surface area contributed by atoms with Crippen molar-refractivity contribution >= 4 is 23.8 Å². The average molecular weight is 346 g/mol. The van der Waals surface area contributed by atoms with Gasteiger partial charge in [0.2, 0.25) is 11.8 Å². The molecule has 138 valence electrons. The summed E-state index contributed by atoms with van der Waals surface area (Å²) in [5.41, 5.74) is 0. The summed E-state index contributed by atoms with van der Waals surface area (Å²) in [5.74, 6) is -2.81. The highest BCUT2D eigenvalue weighted by Crippen LogP contribution is 1.94. The van der Waals surface area contributed by atoms with Crippen molar-refractivity contribution < 1.29 is 29.4 Å². The fourth-order valence-electron chi connectivity index (χ4n) is 2.01. The molecule has 0 atom stereocenters. The van der Waals surface area contributed by atoms with Gasteiger partial charge in [0.1, 0.15) is 0 Å². The van der Waals surface area contributed by atoms with Crippen LogP contribution in [0.15, 0.2) is 0 Å². The number of nitrogens with one attached hydrogen (secondary N) is 2. The van der Waals surface area contributed by atoms with Crippen molar-refractivity contribution in [2.24, 2.45) is 0 Å². The van der Waals surface area contributed by atoms with Gasteiger partial charge in [-0.15, -0.1) is 0 Å². The molecule has 0 aromatic carbocycles. The summed E-state index contributed by atoms with van der Waals surface area (Å²) in [7, 11) is 0. The molecule has 0 aliphatic carbocycles. The second kappa shape index (κ2) is 12.3. The minimum atomic E-state index is -1.09. The van der Waals surface area contributed by atoms with Crippen LogP contribution in [0.5, 0.6) is 0 Å². The Hall–Kier alpha value is -2.20. The summed E-state index contributed by atoms with van der Waals surface area (Å²) in [4.78, 5) is 47.8.